The quantitative estimate of drug-likeness (QED) is 0.854. The van der Waals surface area contributed by atoms with Crippen molar-refractivity contribution >= 4 is 5.78 Å². The van der Waals surface area contributed by atoms with Gasteiger partial charge in [0.25, 0.3) is 0 Å². The standard InChI is InChI=1S/C20H23NO4/c22-13-4-3-12-9-15-20(24)6-5-14(23)18-19(20,16(12)17(13)25-18)7-8-21(15)10-11-1-2-11/h3-4,11,15,18,22,24H,1-2,5-10H2/t15?,18-,19?,20+/m1/s1. The molecule has 1 aromatic carbocycles. The van der Waals surface area contributed by atoms with E-state index >= 15 is 0 Å². The summed E-state index contributed by atoms with van der Waals surface area (Å²) in [5.74, 6) is 1.39. The van der Waals surface area contributed by atoms with E-state index in [1.165, 1.54) is 12.8 Å². The molecule has 1 saturated heterocycles. The zero-order valence-corrected chi connectivity index (χ0v) is 14.2. The first-order valence-electron chi connectivity index (χ1n) is 9.56. The summed E-state index contributed by atoms with van der Waals surface area (Å²) < 4.78 is 6.04. The number of phenolic OH excluding ortho intramolecular Hbond substituents is 1. The third kappa shape index (κ3) is 1.56. The SMILES string of the molecule is O=C1CC[C@]2(O)C3Cc4ccc(O)c5c4C2(CCN3CC2CC2)[C@@H]1O5. The molecule has 5 aliphatic rings. The molecule has 25 heavy (non-hydrogen) atoms. The van der Waals surface area contributed by atoms with Crippen LogP contribution >= 0.6 is 0 Å². The van der Waals surface area contributed by atoms with Gasteiger partial charge in [0.1, 0.15) is 0 Å². The summed E-state index contributed by atoms with van der Waals surface area (Å²) >= 11 is 0. The van der Waals surface area contributed by atoms with Gasteiger partial charge in [-0.3, -0.25) is 9.69 Å². The molecule has 4 atom stereocenters. The molecule has 3 fully saturated rings. The van der Waals surface area contributed by atoms with Gasteiger partial charge in [0.05, 0.1) is 11.0 Å². The molecule has 132 valence electrons. The number of benzene rings is 1. The minimum Gasteiger partial charge on any atom is -0.504 e. The summed E-state index contributed by atoms with van der Waals surface area (Å²) in [5.41, 5.74) is 0.454. The van der Waals surface area contributed by atoms with E-state index in [2.05, 4.69) is 4.90 Å². The fourth-order valence-electron chi connectivity index (χ4n) is 6.26. The summed E-state index contributed by atoms with van der Waals surface area (Å²) in [6, 6.07) is 3.69. The number of aromatic hydroxyl groups is 1. The fraction of sp³-hybridized carbons (Fsp3) is 0.650. The average molecular weight is 341 g/mol. The fourth-order valence-corrected chi connectivity index (χ4v) is 6.26. The molecule has 2 aliphatic heterocycles. The van der Waals surface area contributed by atoms with Crippen molar-refractivity contribution in [2.75, 3.05) is 13.1 Å². The molecule has 5 nitrogen and oxygen atoms in total. The van der Waals surface area contributed by atoms with E-state index in [9.17, 15) is 15.0 Å². The highest BCUT2D eigenvalue weighted by Crippen LogP contribution is 2.64. The van der Waals surface area contributed by atoms with Crippen LogP contribution in [-0.4, -0.2) is 51.7 Å². The predicted molar refractivity (Wildman–Crippen MR) is 89.8 cm³/mol. The number of phenols is 1. The lowest BCUT2D eigenvalue weighted by atomic mass is 9.49. The van der Waals surface area contributed by atoms with Crippen LogP contribution < -0.4 is 4.74 Å². The van der Waals surface area contributed by atoms with Crippen LogP contribution in [0, 0.1) is 5.92 Å². The molecule has 2 bridgehead atoms. The van der Waals surface area contributed by atoms with Gasteiger partial charge in [0.2, 0.25) is 0 Å². The van der Waals surface area contributed by atoms with Crippen molar-refractivity contribution in [3.63, 3.8) is 0 Å². The zero-order valence-electron chi connectivity index (χ0n) is 14.2. The molecule has 0 radical (unpaired) electrons. The van der Waals surface area contributed by atoms with Crippen molar-refractivity contribution in [3.8, 4) is 11.5 Å². The van der Waals surface area contributed by atoms with Gasteiger partial charge in [-0.1, -0.05) is 6.07 Å². The molecule has 1 aromatic rings. The van der Waals surface area contributed by atoms with Crippen LogP contribution in [0.3, 0.4) is 0 Å². The molecule has 5 heteroatoms. The van der Waals surface area contributed by atoms with Crippen LogP contribution in [0.5, 0.6) is 11.5 Å². The Morgan fingerprint density at radius 3 is 2.92 bits per heavy atom. The van der Waals surface area contributed by atoms with E-state index in [1.807, 2.05) is 6.07 Å². The smallest absolute Gasteiger partial charge is 0.174 e. The van der Waals surface area contributed by atoms with E-state index in [-0.39, 0.29) is 17.6 Å². The molecule has 2 N–H and O–H groups in total. The number of nitrogens with zero attached hydrogens (tertiary/aromatic N) is 1. The number of piperidine rings is 1. The Balaban J connectivity index is 1.58. The Morgan fingerprint density at radius 1 is 1.28 bits per heavy atom. The maximum Gasteiger partial charge on any atom is 0.174 e. The highest BCUT2D eigenvalue weighted by atomic mass is 16.5. The van der Waals surface area contributed by atoms with Gasteiger partial charge in [-0.15, -0.1) is 0 Å². The zero-order chi connectivity index (χ0) is 17.0. The lowest BCUT2D eigenvalue weighted by molar-refractivity contribution is -0.188. The normalized spacial score (nSPS) is 41.4. The van der Waals surface area contributed by atoms with Gasteiger partial charge in [-0.25, -0.2) is 0 Å². The van der Waals surface area contributed by atoms with E-state index < -0.39 is 17.1 Å². The average Bonchev–Trinajstić information content (AvgIpc) is 3.32. The molecule has 2 saturated carbocycles. The van der Waals surface area contributed by atoms with Gasteiger partial charge in [-0.2, -0.15) is 0 Å². The predicted octanol–water partition coefficient (Wildman–Crippen LogP) is 1.53. The Kier molecular flexibility index (Phi) is 2.55. The molecule has 2 unspecified atom stereocenters. The van der Waals surface area contributed by atoms with Crippen molar-refractivity contribution in [2.24, 2.45) is 5.92 Å². The summed E-state index contributed by atoms with van der Waals surface area (Å²) in [6.45, 7) is 1.95. The number of aliphatic hydroxyl groups is 1. The minimum absolute atomic E-state index is 0.0454. The number of ether oxygens (including phenoxy) is 1. The monoisotopic (exact) mass is 341 g/mol. The number of rotatable bonds is 2. The van der Waals surface area contributed by atoms with Gasteiger partial charge in [-0.05, 0) is 56.2 Å². The van der Waals surface area contributed by atoms with Gasteiger partial charge >= 0.3 is 0 Å². The van der Waals surface area contributed by atoms with Gasteiger partial charge in [0, 0.05) is 24.6 Å². The highest BCUT2D eigenvalue weighted by molar-refractivity contribution is 5.90. The molecule has 1 spiro atoms. The topological polar surface area (TPSA) is 70.0 Å². The molecule has 2 heterocycles. The van der Waals surface area contributed by atoms with Crippen LogP contribution in [0.2, 0.25) is 0 Å². The summed E-state index contributed by atoms with van der Waals surface area (Å²) in [4.78, 5) is 15.2. The number of likely N-dealkylation sites (tertiary alicyclic amines) is 1. The van der Waals surface area contributed by atoms with Crippen LogP contribution in [0.1, 0.15) is 43.2 Å². The Labute approximate surface area is 146 Å². The number of carbonyl (C=O) groups is 1. The molecule has 6 rings (SSSR count). The molecule has 3 aliphatic carbocycles. The Morgan fingerprint density at radius 2 is 2.12 bits per heavy atom. The summed E-state index contributed by atoms with van der Waals surface area (Å²) in [7, 11) is 0. The number of hydrogen-bond acceptors (Lipinski definition) is 5. The number of hydrogen-bond donors (Lipinski definition) is 2. The van der Waals surface area contributed by atoms with Crippen LogP contribution in [0.15, 0.2) is 12.1 Å². The molecular formula is C20H23NO4. The second-order valence-electron chi connectivity index (χ2n) is 8.72. The highest BCUT2D eigenvalue weighted by Gasteiger charge is 2.73. The van der Waals surface area contributed by atoms with E-state index in [0.29, 0.717) is 18.6 Å². The van der Waals surface area contributed by atoms with Crippen molar-refractivity contribution in [2.45, 2.75) is 61.7 Å². The molecular weight excluding hydrogens is 318 g/mol. The molecule has 0 amide bonds. The second-order valence-corrected chi connectivity index (χ2v) is 8.72. The summed E-state index contributed by atoms with van der Waals surface area (Å²) in [6.07, 6.45) is 4.33. The van der Waals surface area contributed by atoms with Crippen LogP contribution in [0.25, 0.3) is 0 Å². The minimum atomic E-state index is -0.940. The van der Waals surface area contributed by atoms with E-state index in [0.717, 1.165) is 43.0 Å². The van der Waals surface area contributed by atoms with Crippen LogP contribution in [0.4, 0.5) is 0 Å². The summed E-state index contributed by atoms with van der Waals surface area (Å²) in [5, 5.41) is 22.3. The third-order valence-electron chi connectivity index (χ3n) is 7.56. The lowest BCUT2D eigenvalue weighted by Crippen LogP contribution is -2.76. The van der Waals surface area contributed by atoms with Crippen molar-refractivity contribution in [1.29, 1.82) is 0 Å². The van der Waals surface area contributed by atoms with Gasteiger partial charge < -0.3 is 14.9 Å². The van der Waals surface area contributed by atoms with Crippen molar-refractivity contribution < 1.29 is 19.7 Å². The largest absolute Gasteiger partial charge is 0.504 e. The van der Waals surface area contributed by atoms with E-state index in [4.69, 9.17) is 4.74 Å². The Bertz CT molecular complexity index is 803. The first kappa shape index (κ1) is 14.6. The van der Waals surface area contributed by atoms with E-state index in [1.54, 1.807) is 6.07 Å². The van der Waals surface area contributed by atoms with Crippen molar-refractivity contribution in [1.82, 2.24) is 4.90 Å². The lowest BCUT2D eigenvalue weighted by Gasteiger charge is -2.62. The van der Waals surface area contributed by atoms with Gasteiger partial charge in [0.15, 0.2) is 23.4 Å². The number of carbonyl (C=O) groups excluding carboxylic acids is 1. The maximum absolute atomic E-state index is 12.7. The Hall–Kier alpha value is -1.59. The second kappa shape index (κ2) is 4.38. The van der Waals surface area contributed by atoms with Crippen molar-refractivity contribution in [3.05, 3.63) is 23.3 Å². The third-order valence-corrected chi connectivity index (χ3v) is 7.56. The number of ketones is 1. The maximum atomic E-state index is 12.7. The number of Topliss-reactive ketones (excluding diaryl/α,β-unsaturated/α-hetero) is 1. The first-order chi connectivity index (χ1) is 12.0. The molecule has 0 aromatic heterocycles. The van der Waals surface area contributed by atoms with Crippen LogP contribution in [-0.2, 0) is 16.6 Å². The first-order valence-corrected chi connectivity index (χ1v) is 9.56.